The number of carbonyl (C=O) groups excluding carboxylic acids is 1. The van der Waals surface area contributed by atoms with Crippen LogP contribution in [0.5, 0.6) is 5.75 Å². The van der Waals surface area contributed by atoms with Gasteiger partial charge in [0.05, 0.1) is 5.56 Å². The van der Waals surface area contributed by atoms with Gasteiger partial charge in [0.1, 0.15) is 5.75 Å². The molecule has 0 radical (unpaired) electrons. The van der Waals surface area contributed by atoms with Crippen molar-refractivity contribution in [2.45, 2.75) is 31.4 Å². The minimum atomic E-state index is -0.269. The largest absolute Gasteiger partial charge is 0.507 e. The number of thioether (sulfide) groups is 1. The van der Waals surface area contributed by atoms with Crippen molar-refractivity contribution in [1.29, 1.82) is 0 Å². The standard InChI is InChI=1S/C14H20ClNO2S/c1-4-14(5-2,19-3)9-16-13(18)11-7-6-10(15)8-12(11)17/h6-8,17H,4-5,9H2,1-3H3,(H,16,18). The highest BCUT2D eigenvalue weighted by Gasteiger charge is 2.26. The van der Waals surface area contributed by atoms with Gasteiger partial charge in [-0.1, -0.05) is 25.4 Å². The Morgan fingerprint density at radius 1 is 1.42 bits per heavy atom. The molecule has 1 aromatic rings. The molecule has 1 amide bonds. The first-order valence-corrected chi connectivity index (χ1v) is 7.90. The Kier molecular flexibility index (Phi) is 6.01. The summed E-state index contributed by atoms with van der Waals surface area (Å²) in [6.07, 6.45) is 4.02. The number of hydrogen-bond donors (Lipinski definition) is 2. The second kappa shape index (κ2) is 7.06. The zero-order valence-corrected chi connectivity index (χ0v) is 13.1. The van der Waals surface area contributed by atoms with Gasteiger partial charge in [-0.05, 0) is 37.3 Å². The molecule has 0 aliphatic carbocycles. The number of benzene rings is 1. The van der Waals surface area contributed by atoms with Gasteiger partial charge in [-0.25, -0.2) is 0 Å². The van der Waals surface area contributed by atoms with E-state index in [1.54, 1.807) is 17.8 Å². The Balaban J connectivity index is 2.75. The van der Waals surface area contributed by atoms with E-state index < -0.39 is 0 Å². The highest BCUT2D eigenvalue weighted by atomic mass is 35.5. The molecule has 19 heavy (non-hydrogen) atoms. The minimum Gasteiger partial charge on any atom is -0.507 e. The topological polar surface area (TPSA) is 49.3 Å². The Morgan fingerprint density at radius 3 is 2.53 bits per heavy atom. The van der Waals surface area contributed by atoms with Crippen molar-refractivity contribution in [3.63, 3.8) is 0 Å². The van der Waals surface area contributed by atoms with E-state index in [0.717, 1.165) is 12.8 Å². The fraction of sp³-hybridized carbons (Fsp3) is 0.500. The molecule has 0 spiro atoms. The van der Waals surface area contributed by atoms with Crippen LogP contribution >= 0.6 is 23.4 Å². The van der Waals surface area contributed by atoms with Crippen LogP contribution in [0.3, 0.4) is 0 Å². The van der Waals surface area contributed by atoms with Gasteiger partial charge in [0, 0.05) is 16.3 Å². The molecule has 0 aliphatic heterocycles. The maximum atomic E-state index is 12.0. The summed E-state index contributed by atoms with van der Waals surface area (Å²) in [5, 5.41) is 13.0. The van der Waals surface area contributed by atoms with Crippen molar-refractivity contribution in [2.75, 3.05) is 12.8 Å². The lowest BCUT2D eigenvalue weighted by atomic mass is 10.0. The molecule has 0 fully saturated rings. The summed E-state index contributed by atoms with van der Waals surface area (Å²) in [5.74, 6) is -0.359. The first-order chi connectivity index (χ1) is 8.98. The monoisotopic (exact) mass is 301 g/mol. The minimum absolute atomic E-state index is 0.0533. The zero-order valence-electron chi connectivity index (χ0n) is 11.5. The van der Waals surface area contributed by atoms with Crippen LogP contribution in [0, 0.1) is 0 Å². The second-order valence-corrected chi connectivity index (χ2v) is 6.15. The number of phenols is 1. The van der Waals surface area contributed by atoms with E-state index in [4.69, 9.17) is 11.6 Å². The van der Waals surface area contributed by atoms with Gasteiger partial charge >= 0.3 is 0 Å². The molecule has 0 atom stereocenters. The van der Waals surface area contributed by atoms with Crippen molar-refractivity contribution in [1.82, 2.24) is 5.32 Å². The molecule has 106 valence electrons. The predicted molar refractivity (Wildman–Crippen MR) is 82.3 cm³/mol. The number of aromatic hydroxyl groups is 1. The molecule has 1 rings (SSSR count). The number of carbonyl (C=O) groups is 1. The number of amides is 1. The van der Waals surface area contributed by atoms with Gasteiger partial charge in [0.15, 0.2) is 0 Å². The lowest BCUT2D eigenvalue weighted by Crippen LogP contribution is -2.39. The SMILES string of the molecule is CCC(CC)(CNC(=O)c1ccc(Cl)cc1O)SC. The highest BCUT2D eigenvalue weighted by molar-refractivity contribution is 8.00. The number of halogens is 1. The van der Waals surface area contributed by atoms with E-state index in [-0.39, 0.29) is 22.0 Å². The maximum Gasteiger partial charge on any atom is 0.255 e. The number of rotatable bonds is 6. The van der Waals surface area contributed by atoms with E-state index in [2.05, 4.69) is 25.4 Å². The summed E-state index contributed by atoms with van der Waals surface area (Å²) in [6.45, 7) is 4.82. The van der Waals surface area contributed by atoms with Crippen LogP contribution in [0.1, 0.15) is 37.0 Å². The summed E-state index contributed by atoms with van der Waals surface area (Å²) in [5.41, 5.74) is 0.256. The van der Waals surface area contributed by atoms with Gasteiger partial charge in [-0.15, -0.1) is 0 Å². The van der Waals surface area contributed by atoms with Crippen LogP contribution in [0.2, 0.25) is 5.02 Å². The molecule has 5 heteroatoms. The fourth-order valence-electron chi connectivity index (χ4n) is 1.89. The third-order valence-corrected chi connectivity index (χ3v) is 5.32. The zero-order chi connectivity index (χ0) is 14.5. The first kappa shape index (κ1) is 16.2. The first-order valence-electron chi connectivity index (χ1n) is 6.30. The predicted octanol–water partition coefficient (Wildman–Crippen LogP) is 3.70. The third-order valence-electron chi connectivity index (χ3n) is 3.50. The average molecular weight is 302 g/mol. The number of hydrogen-bond acceptors (Lipinski definition) is 3. The molecule has 3 nitrogen and oxygen atoms in total. The van der Waals surface area contributed by atoms with Crippen LogP contribution in [0.25, 0.3) is 0 Å². The van der Waals surface area contributed by atoms with Crippen LogP contribution in [-0.2, 0) is 0 Å². The van der Waals surface area contributed by atoms with Crippen LogP contribution in [0.4, 0.5) is 0 Å². The van der Waals surface area contributed by atoms with E-state index in [1.165, 1.54) is 12.1 Å². The maximum absolute atomic E-state index is 12.0. The Hall–Kier alpha value is -0.870. The van der Waals surface area contributed by atoms with Crippen molar-refractivity contribution >= 4 is 29.3 Å². The summed E-state index contributed by atoms with van der Waals surface area (Å²) in [7, 11) is 0. The van der Waals surface area contributed by atoms with Crippen molar-refractivity contribution in [3.8, 4) is 5.75 Å². The van der Waals surface area contributed by atoms with E-state index in [9.17, 15) is 9.90 Å². The highest BCUT2D eigenvalue weighted by Crippen LogP contribution is 2.30. The Labute approximate surface area is 123 Å². The van der Waals surface area contributed by atoms with Crippen molar-refractivity contribution < 1.29 is 9.90 Å². The summed E-state index contributed by atoms with van der Waals surface area (Å²) >= 11 is 7.51. The summed E-state index contributed by atoms with van der Waals surface area (Å²) < 4.78 is 0.0533. The van der Waals surface area contributed by atoms with Gasteiger partial charge in [-0.2, -0.15) is 11.8 Å². The van der Waals surface area contributed by atoms with Gasteiger partial charge in [0.25, 0.3) is 5.91 Å². The van der Waals surface area contributed by atoms with E-state index in [0.29, 0.717) is 11.6 Å². The average Bonchev–Trinajstić information content (AvgIpc) is 2.40. The molecule has 2 N–H and O–H groups in total. The molecule has 0 heterocycles. The quantitative estimate of drug-likeness (QED) is 0.842. The van der Waals surface area contributed by atoms with E-state index in [1.807, 2.05) is 0 Å². The lowest BCUT2D eigenvalue weighted by molar-refractivity contribution is 0.0946. The van der Waals surface area contributed by atoms with Crippen molar-refractivity contribution in [3.05, 3.63) is 28.8 Å². The molecule has 0 aliphatic rings. The molecular formula is C14H20ClNO2S. The molecule has 1 aromatic carbocycles. The van der Waals surface area contributed by atoms with Gasteiger partial charge < -0.3 is 10.4 Å². The molecule has 0 saturated heterocycles. The molecule has 0 bridgehead atoms. The van der Waals surface area contributed by atoms with Gasteiger partial charge in [-0.3, -0.25) is 4.79 Å². The van der Waals surface area contributed by atoms with Crippen LogP contribution in [0.15, 0.2) is 18.2 Å². The molecule has 0 aromatic heterocycles. The van der Waals surface area contributed by atoms with Crippen LogP contribution in [-0.4, -0.2) is 28.6 Å². The molecular weight excluding hydrogens is 282 g/mol. The fourth-order valence-corrected chi connectivity index (χ4v) is 2.85. The molecule has 0 unspecified atom stereocenters. The van der Waals surface area contributed by atoms with E-state index >= 15 is 0 Å². The summed E-state index contributed by atoms with van der Waals surface area (Å²) in [4.78, 5) is 12.0. The molecule has 0 saturated carbocycles. The second-order valence-electron chi connectivity index (χ2n) is 4.44. The summed E-state index contributed by atoms with van der Waals surface area (Å²) in [6, 6.07) is 4.50. The van der Waals surface area contributed by atoms with Gasteiger partial charge in [0.2, 0.25) is 0 Å². The van der Waals surface area contributed by atoms with Crippen molar-refractivity contribution in [2.24, 2.45) is 0 Å². The normalized spacial score (nSPS) is 11.4. The Morgan fingerprint density at radius 2 is 2.05 bits per heavy atom. The number of nitrogens with one attached hydrogen (secondary N) is 1. The van der Waals surface area contributed by atoms with Crippen LogP contribution < -0.4 is 5.32 Å². The Bertz CT molecular complexity index is 439. The lowest BCUT2D eigenvalue weighted by Gasteiger charge is -2.29. The smallest absolute Gasteiger partial charge is 0.255 e. The third kappa shape index (κ3) is 4.05. The number of phenolic OH excluding ortho intramolecular Hbond substituents is 1.